The van der Waals surface area contributed by atoms with Gasteiger partial charge in [0.1, 0.15) is 0 Å². The maximum absolute atomic E-state index is 11.0. The molecule has 4 nitrogen and oxygen atoms in total. The molecule has 25 heavy (non-hydrogen) atoms. The maximum Gasteiger partial charge on any atom is 0.0703 e. The predicted molar refractivity (Wildman–Crippen MR) is 102 cm³/mol. The molecule has 2 rings (SSSR count). The van der Waals surface area contributed by atoms with Crippen molar-refractivity contribution in [3.05, 3.63) is 35.9 Å². The fourth-order valence-electron chi connectivity index (χ4n) is 3.30. The zero-order valence-corrected chi connectivity index (χ0v) is 16.1. The van der Waals surface area contributed by atoms with Crippen LogP contribution in [-0.4, -0.2) is 43.7 Å². The summed E-state index contributed by atoms with van der Waals surface area (Å²) < 4.78 is 11.6. The molecular weight excluding hydrogens is 314 g/mol. The molecular formula is C21H35NO3. The van der Waals surface area contributed by atoms with Crippen molar-refractivity contribution >= 4 is 0 Å². The normalized spacial score (nSPS) is 22.2. The smallest absolute Gasteiger partial charge is 0.0703 e. The van der Waals surface area contributed by atoms with Gasteiger partial charge in [0.15, 0.2) is 0 Å². The fourth-order valence-corrected chi connectivity index (χ4v) is 3.30. The van der Waals surface area contributed by atoms with Crippen molar-refractivity contribution in [2.75, 3.05) is 33.0 Å². The quantitative estimate of drug-likeness (QED) is 0.822. The highest BCUT2D eigenvalue weighted by molar-refractivity contribution is 5.18. The van der Waals surface area contributed by atoms with Gasteiger partial charge in [-0.15, -0.1) is 0 Å². The van der Waals surface area contributed by atoms with Crippen LogP contribution < -0.4 is 5.32 Å². The van der Waals surface area contributed by atoms with Gasteiger partial charge in [-0.3, -0.25) is 0 Å². The SMILES string of the molecule is CCC(NCCC1(O)CCOCC(C)(C)COCC1)c1ccccc1. The van der Waals surface area contributed by atoms with E-state index in [1.54, 1.807) is 0 Å². The van der Waals surface area contributed by atoms with Crippen LogP contribution in [0.15, 0.2) is 30.3 Å². The van der Waals surface area contributed by atoms with Crippen LogP contribution in [0.25, 0.3) is 0 Å². The molecule has 1 saturated heterocycles. The van der Waals surface area contributed by atoms with Gasteiger partial charge in [0.2, 0.25) is 0 Å². The van der Waals surface area contributed by atoms with Crippen LogP contribution in [0.2, 0.25) is 0 Å². The van der Waals surface area contributed by atoms with Gasteiger partial charge in [0.25, 0.3) is 0 Å². The molecule has 1 unspecified atom stereocenters. The Labute approximate surface area is 152 Å². The van der Waals surface area contributed by atoms with Gasteiger partial charge < -0.3 is 19.9 Å². The number of aliphatic hydroxyl groups is 1. The summed E-state index contributed by atoms with van der Waals surface area (Å²) in [6.45, 7) is 9.84. The van der Waals surface area contributed by atoms with Gasteiger partial charge in [-0.2, -0.15) is 0 Å². The largest absolute Gasteiger partial charge is 0.390 e. The number of nitrogens with one attached hydrogen (secondary N) is 1. The molecule has 0 aromatic heterocycles. The van der Waals surface area contributed by atoms with Gasteiger partial charge in [-0.05, 0) is 37.8 Å². The van der Waals surface area contributed by atoms with Crippen molar-refractivity contribution in [3.63, 3.8) is 0 Å². The van der Waals surface area contributed by atoms with E-state index in [4.69, 9.17) is 9.47 Å². The third-order valence-electron chi connectivity index (χ3n) is 5.00. The van der Waals surface area contributed by atoms with Crippen molar-refractivity contribution in [2.24, 2.45) is 5.41 Å². The van der Waals surface area contributed by atoms with Crippen molar-refractivity contribution in [2.45, 2.75) is 58.1 Å². The lowest BCUT2D eigenvalue weighted by molar-refractivity contribution is -0.0745. The van der Waals surface area contributed by atoms with Gasteiger partial charge in [-0.1, -0.05) is 51.1 Å². The average molecular weight is 350 g/mol. The Hall–Kier alpha value is -0.940. The zero-order valence-electron chi connectivity index (χ0n) is 16.1. The van der Waals surface area contributed by atoms with E-state index < -0.39 is 5.60 Å². The molecule has 0 aliphatic carbocycles. The molecule has 1 heterocycles. The Bertz CT molecular complexity index is 475. The molecule has 0 radical (unpaired) electrons. The van der Waals surface area contributed by atoms with Crippen molar-refractivity contribution in [1.82, 2.24) is 5.32 Å². The number of hydrogen-bond donors (Lipinski definition) is 2. The van der Waals surface area contributed by atoms with Crippen LogP contribution in [0.1, 0.15) is 58.1 Å². The summed E-state index contributed by atoms with van der Waals surface area (Å²) in [5.74, 6) is 0. The Morgan fingerprint density at radius 1 is 1.08 bits per heavy atom. The van der Waals surface area contributed by atoms with E-state index in [0.29, 0.717) is 51.7 Å². The topological polar surface area (TPSA) is 50.7 Å². The highest BCUT2D eigenvalue weighted by Gasteiger charge is 2.29. The Balaban J connectivity index is 1.83. The fraction of sp³-hybridized carbons (Fsp3) is 0.714. The van der Waals surface area contributed by atoms with Crippen LogP contribution in [0.4, 0.5) is 0 Å². The molecule has 1 aliphatic heterocycles. The summed E-state index contributed by atoms with van der Waals surface area (Å²) in [4.78, 5) is 0. The highest BCUT2D eigenvalue weighted by Crippen LogP contribution is 2.25. The lowest BCUT2D eigenvalue weighted by Crippen LogP contribution is -2.38. The summed E-state index contributed by atoms with van der Waals surface area (Å²) in [5, 5.41) is 14.6. The first-order chi connectivity index (χ1) is 11.9. The Kier molecular flexibility index (Phi) is 7.88. The first-order valence-corrected chi connectivity index (χ1v) is 9.60. The third kappa shape index (κ3) is 7.06. The van der Waals surface area contributed by atoms with Crippen LogP contribution in [0.5, 0.6) is 0 Å². The Morgan fingerprint density at radius 2 is 1.68 bits per heavy atom. The predicted octanol–water partition coefficient (Wildman–Crippen LogP) is 3.70. The van der Waals surface area contributed by atoms with Gasteiger partial charge in [0, 0.05) is 24.7 Å². The first kappa shape index (κ1) is 20.4. The van der Waals surface area contributed by atoms with Gasteiger partial charge in [-0.25, -0.2) is 0 Å². The molecule has 0 bridgehead atoms. The summed E-state index contributed by atoms with van der Waals surface area (Å²) in [7, 11) is 0. The van der Waals surface area contributed by atoms with Crippen LogP contribution in [0, 0.1) is 5.41 Å². The zero-order chi connectivity index (χ0) is 18.2. The summed E-state index contributed by atoms with van der Waals surface area (Å²) in [5.41, 5.74) is 0.627. The van der Waals surface area contributed by atoms with Crippen LogP contribution >= 0.6 is 0 Å². The molecule has 1 aromatic rings. The van der Waals surface area contributed by atoms with Crippen LogP contribution in [0.3, 0.4) is 0 Å². The standard InChI is InChI=1S/C21H35NO3/c1-4-19(18-8-6-5-7-9-18)22-13-10-21(23)11-14-24-16-20(2,3)17-25-15-12-21/h5-9,19,22-23H,4,10-17H2,1-3H3. The summed E-state index contributed by atoms with van der Waals surface area (Å²) >= 11 is 0. The minimum absolute atomic E-state index is 0.0427. The molecule has 0 saturated carbocycles. The van der Waals surface area contributed by atoms with Crippen molar-refractivity contribution in [3.8, 4) is 0 Å². The van der Waals surface area contributed by atoms with E-state index >= 15 is 0 Å². The molecule has 1 aromatic carbocycles. The second-order valence-corrected chi connectivity index (χ2v) is 8.07. The van der Waals surface area contributed by atoms with Crippen molar-refractivity contribution in [1.29, 1.82) is 0 Å². The van der Waals surface area contributed by atoms with E-state index in [0.717, 1.165) is 13.0 Å². The minimum atomic E-state index is -0.719. The number of hydrogen-bond acceptors (Lipinski definition) is 4. The number of benzene rings is 1. The maximum atomic E-state index is 11.0. The number of ether oxygens (including phenoxy) is 2. The van der Waals surface area contributed by atoms with E-state index in [1.807, 2.05) is 6.07 Å². The van der Waals surface area contributed by atoms with E-state index in [1.165, 1.54) is 5.56 Å². The lowest BCUT2D eigenvalue weighted by atomic mass is 9.91. The lowest BCUT2D eigenvalue weighted by Gasteiger charge is -2.33. The van der Waals surface area contributed by atoms with E-state index in [9.17, 15) is 5.11 Å². The highest BCUT2D eigenvalue weighted by atomic mass is 16.5. The molecule has 1 aliphatic rings. The monoisotopic (exact) mass is 349 g/mol. The summed E-state index contributed by atoms with van der Waals surface area (Å²) in [6.07, 6.45) is 3.07. The number of rotatable bonds is 6. The van der Waals surface area contributed by atoms with Gasteiger partial charge in [0.05, 0.1) is 18.8 Å². The molecule has 0 spiro atoms. The molecule has 4 heteroatoms. The molecule has 1 fully saturated rings. The Morgan fingerprint density at radius 3 is 2.24 bits per heavy atom. The third-order valence-corrected chi connectivity index (χ3v) is 5.00. The van der Waals surface area contributed by atoms with Crippen LogP contribution in [-0.2, 0) is 9.47 Å². The molecule has 2 N–H and O–H groups in total. The molecule has 1 atom stereocenters. The second-order valence-electron chi connectivity index (χ2n) is 8.07. The molecule has 0 amide bonds. The van der Waals surface area contributed by atoms with Gasteiger partial charge >= 0.3 is 0 Å². The first-order valence-electron chi connectivity index (χ1n) is 9.60. The van der Waals surface area contributed by atoms with E-state index in [2.05, 4.69) is 50.4 Å². The average Bonchev–Trinajstić information content (AvgIpc) is 2.60. The summed E-state index contributed by atoms with van der Waals surface area (Å²) in [6, 6.07) is 10.8. The van der Waals surface area contributed by atoms with Crippen molar-refractivity contribution < 1.29 is 14.6 Å². The second kappa shape index (κ2) is 9.67. The minimum Gasteiger partial charge on any atom is -0.390 e. The molecule has 142 valence electrons. The van der Waals surface area contributed by atoms with E-state index in [-0.39, 0.29) is 5.41 Å².